The highest BCUT2D eigenvalue weighted by molar-refractivity contribution is 4.92. The Balaban J connectivity index is 1.52. The fourth-order valence-electron chi connectivity index (χ4n) is 4.05. The Bertz CT molecular complexity index is 293. The molecule has 0 aromatic rings. The molecule has 0 aromatic heterocycles. The van der Waals surface area contributed by atoms with Gasteiger partial charge >= 0.3 is 0 Å². The number of ether oxygens (including phenoxy) is 2. The van der Waals surface area contributed by atoms with Crippen LogP contribution in [0.5, 0.6) is 0 Å². The molecule has 1 N–H and O–H groups in total. The summed E-state index contributed by atoms with van der Waals surface area (Å²) >= 11 is 0. The lowest BCUT2D eigenvalue weighted by Gasteiger charge is -2.46. The molecule has 0 bridgehead atoms. The van der Waals surface area contributed by atoms with E-state index in [1.807, 2.05) is 0 Å². The first-order chi connectivity index (χ1) is 9.77. The zero-order valence-electron chi connectivity index (χ0n) is 12.9. The molecule has 3 heterocycles. The van der Waals surface area contributed by atoms with E-state index in [9.17, 15) is 0 Å². The van der Waals surface area contributed by atoms with Crippen LogP contribution in [0.2, 0.25) is 0 Å². The zero-order chi connectivity index (χ0) is 13.8. The Hall–Kier alpha value is -0.160. The van der Waals surface area contributed by atoms with Gasteiger partial charge in [0.2, 0.25) is 0 Å². The van der Waals surface area contributed by atoms with Crippen LogP contribution in [0.4, 0.5) is 0 Å². The summed E-state index contributed by atoms with van der Waals surface area (Å²) in [6.07, 6.45) is 8.62. The summed E-state index contributed by atoms with van der Waals surface area (Å²) in [5.74, 6) is 0. The van der Waals surface area contributed by atoms with Gasteiger partial charge in [-0.05, 0) is 52.1 Å². The van der Waals surface area contributed by atoms with Crippen molar-refractivity contribution >= 4 is 0 Å². The summed E-state index contributed by atoms with van der Waals surface area (Å²) in [6.45, 7) is 5.07. The lowest BCUT2D eigenvalue weighted by Crippen LogP contribution is -2.52. The summed E-state index contributed by atoms with van der Waals surface area (Å²) in [4.78, 5) is 2.59. The van der Waals surface area contributed by atoms with E-state index in [2.05, 4.69) is 17.3 Å². The van der Waals surface area contributed by atoms with E-state index in [1.165, 1.54) is 45.2 Å². The molecule has 0 saturated carbocycles. The molecule has 4 nitrogen and oxygen atoms in total. The van der Waals surface area contributed by atoms with E-state index < -0.39 is 0 Å². The van der Waals surface area contributed by atoms with Crippen molar-refractivity contribution in [1.82, 2.24) is 10.2 Å². The number of likely N-dealkylation sites (N-methyl/N-ethyl adjacent to an activating group) is 1. The average Bonchev–Trinajstić information content (AvgIpc) is 2.49. The van der Waals surface area contributed by atoms with Gasteiger partial charge in [-0.15, -0.1) is 0 Å². The van der Waals surface area contributed by atoms with Crippen molar-refractivity contribution in [1.29, 1.82) is 0 Å². The molecule has 4 heteroatoms. The third-order valence-corrected chi connectivity index (χ3v) is 5.42. The molecule has 20 heavy (non-hydrogen) atoms. The summed E-state index contributed by atoms with van der Waals surface area (Å²) in [7, 11) is 2.30. The van der Waals surface area contributed by atoms with Gasteiger partial charge in [-0.2, -0.15) is 0 Å². The quantitative estimate of drug-likeness (QED) is 0.856. The largest absolute Gasteiger partial charge is 0.381 e. The molecule has 1 spiro atoms. The maximum absolute atomic E-state index is 6.15. The second-order valence-electron chi connectivity index (χ2n) is 6.88. The van der Waals surface area contributed by atoms with Gasteiger partial charge in [0.1, 0.15) is 0 Å². The number of nitrogens with one attached hydrogen (secondary N) is 1. The van der Waals surface area contributed by atoms with Gasteiger partial charge in [-0.3, -0.25) is 0 Å². The van der Waals surface area contributed by atoms with Gasteiger partial charge in [-0.25, -0.2) is 0 Å². The van der Waals surface area contributed by atoms with Crippen LogP contribution in [0, 0.1) is 0 Å². The number of hydrogen-bond acceptors (Lipinski definition) is 4. The van der Waals surface area contributed by atoms with E-state index in [-0.39, 0.29) is 5.60 Å². The van der Waals surface area contributed by atoms with Crippen LogP contribution in [0.25, 0.3) is 0 Å². The second kappa shape index (κ2) is 6.73. The fourth-order valence-corrected chi connectivity index (χ4v) is 4.05. The zero-order valence-corrected chi connectivity index (χ0v) is 12.9. The number of piperidine rings is 1. The Morgan fingerprint density at radius 3 is 2.75 bits per heavy atom. The molecule has 0 amide bonds. The highest BCUT2D eigenvalue weighted by atomic mass is 16.5. The van der Waals surface area contributed by atoms with Crippen molar-refractivity contribution in [2.45, 2.75) is 62.6 Å². The van der Waals surface area contributed by atoms with Gasteiger partial charge in [0.15, 0.2) is 0 Å². The molecule has 3 fully saturated rings. The molecule has 3 saturated heterocycles. The van der Waals surface area contributed by atoms with Gasteiger partial charge in [0.25, 0.3) is 0 Å². The van der Waals surface area contributed by atoms with E-state index in [4.69, 9.17) is 9.47 Å². The molecule has 3 rings (SSSR count). The fraction of sp³-hybridized carbons (Fsp3) is 1.00. The third kappa shape index (κ3) is 3.53. The summed E-state index contributed by atoms with van der Waals surface area (Å²) < 4.78 is 11.7. The number of hydrogen-bond donors (Lipinski definition) is 1. The lowest BCUT2D eigenvalue weighted by atomic mass is 9.83. The molecular weight excluding hydrogens is 252 g/mol. The van der Waals surface area contributed by atoms with Crippen molar-refractivity contribution < 1.29 is 9.47 Å². The molecular formula is C16H30N2O2. The van der Waals surface area contributed by atoms with Crippen molar-refractivity contribution in [3.63, 3.8) is 0 Å². The molecule has 0 radical (unpaired) electrons. The van der Waals surface area contributed by atoms with Crippen LogP contribution in [-0.4, -0.2) is 62.5 Å². The Morgan fingerprint density at radius 2 is 2.00 bits per heavy atom. The second-order valence-corrected chi connectivity index (χ2v) is 6.88. The average molecular weight is 282 g/mol. The minimum Gasteiger partial charge on any atom is -0.381 e. The smallest absolute Gasteiger partial charge is 0.0741 e. The lowest BCUT2D eigenvalue weighted by molar-refractivity contribution is -0.150. The SMILES string of the molecule is CN(CC1CCCCN1)C1CCOC2(CCOCC2)C1. The van der Waals surface area contributed by atoms with Crippen LogP contribution in [-0.2, 0) is 9.47 Å². The Morgan fingerprint density at radius 1 is 1.15 bits per heavy atom. The van der Waals surface area contributed by atoms with Crippen LogP contribution in [0.3, 0.4) is 0 Å². The van der Waals surface area contributed by atoms with Gasteiger partial charge in [-0.1, -0.05) is 6.42 Å². The van der Waals surface area contributed by atoms with Crippen molar-refractivity contribution in [3.05, 3.63) is 0 Å². The van der Waals surface area contributed by atoms with Crippen molar-refractivity contribution in [3.8, 4) is 0 Å². The molecule has 0 aliphatic carbocycles. The molecule has 116 valence electrons. The first-order valence-electron chi connectivity index (χ1n) is 8.43. The van der Waals surface area contributed by atoms with Crippen LogP contribution < -0.4 is 5.32 Å². The van der Waals surface area contributed by atoms with Gasteiger partial charge in [0.05, 0.1) is 5.60 Å². The first kappa shape index (κ1) is 14.8. The van der Waals surface area contributed by atoms with Gasteiger partial charge in [0, 0.05) is 38.4 Å². The topological polar surface area (TPSA) is 33.7 Å². The van der Waals surface area contributed by atoms with Crippen molar-refractivity contribution in [2.24, 2.45) is 0 Å². The number of nitrogens with zero attached hydrogens (tertiary/aromatic N) is 1. The summed E-state index contributed by atoms with van der Waals surface area (Å²) in [5, 5.41) is 3.67. The monoisotopic (exact) mass is 282 g/mol. The Kier molecular flexibility index (Phi) is 4.97. The van der Waals surface area contributed by atoms with E-state index in [0.717, 1.165) is 32.7 Å². The summed E-state index contributed by atoms with van der Waals surface area (Å²) in [5.41, 5.74) is 0.120. The number of rotatable bonds is 3. The minimum absolute atomic E-state index is 0.120. The van der Waals surface area contributed by atoms with Crippen LogP contribution >= 0.6 is 0 Å². The maximum Gasteiger partial charge on any atom is 0.0741 e. The molecule has 3 aliphatic heterocycles. The van der Waals surface area contributed by atoms with Crippen molar-refractivity contribution in [2.75, 3.05) is 40.0 Å². The Labute approximate surface area is 123 Å². The molecule has 2 unspecified atom stereocenters. The molecule has 3 aliphatic rings. The van der Waals surface area contributed by atoms with Gasteiger partial charge < -0.3 is 19.7 Å². The molecule has 0 aromatic carbocycles. The summed E-state index contributed by atoms with van der Waals surface area (Å²) in [6, 6.07) is 1.38. The normalized spacial score (nSPS) is 34.5. The molecule has 2 atom stereocenters. The first-order valence-corrected chi connectivity index (χ1v) is 8.43. The minimum atomic E-state index is 0.120. The van der Waals surface area contributed by atoms with Crippen LogP contribution in [0.1, 0.15) is 44.9 Å². The van der Waals surface area contributed by atoms with E-state index >= 15 is 0 Å². The standard InChI is InChI=1S/C16H30N2O2/c1-18(13-14-4-2-3-8-17-14)15-5-9-20-16(12-15)6-10-19-11-7-16/h14-15,17H,2-13H2,1H3. The maximum atomic E-state index is 6.15. The predicted molar refractivity (Wildman–Crippen MR) is 80.0 cm³/mol. The van der Waals surface area contributed by atoms with E-state index in [1.54, 1.807) is 0 Å². The predicted octanol–water partition coefficient (Wildman–Crippen LogP) is 1.79. The van der Waals surface area contributed by atoms with E-state index in [0.29, 0.717) is 12.1 Å². The third-order valence-electron chi connectivity index (χ3n) is 5.42. The highest BCUT2D eigenvalue weighted by Gasteiger charge is 2.40. The highest BCUT2D eigenvalue weighted by Crippen LogP contribution is 2.35. The van der Waals surface area contributed by atoms with Crippen LogP contribution in [0.15, 0.2) is 0 Å².